The van der Waals surface area contributed by atoms with Crippen LogP contribution in [0.5, 0.6) is 0 Å². The normalized spacial score (nSPS) is 12.2. The molecule has 0 saturated heterocycles. The van der Waals surface area contributed by atoms with Gasteiger partial charge in [0.15, 0.2) is 0 Å². The van der Waals surface area contributed by atoms with E-state index in [1.54, 1.807) is 5.56 Å². The Bertz CT molecular complexity index is 350. The van der Waals surface area contributed by atoms with Gasteiger partial charge in [0.2, 0.25) is 0 Å². The molecule has 0 amide bonds. The first kappa shape index (κ1) is 22.9. The smallest absolute Gasteiger partial charge is 0.142 e. The average Bonchev–Trinajstić information content (AvgIpc) is 2.53. The second-order valence-corrected chi connectivity index (χ2v) is 9.08. The summed E-state index contributed by atoms with van der Waals surface area (Å²) in [5.74, 6) is 0. The third-order valence-corrected chi connectivity index (χ3v) is 6.21. The number of hydrogen-bond acceptors (Lipinski definition) is 0. The Balaban J connectivity index is 0.00000484. The molecule has 0 saturated carbocycles. The Labute approximate surface area is 154 Å². The van der Waals surface area contributed by atoms with E-state index in [9.17, 15) is 0 Å². The van der Waals surface area contributed by atoms with Crippen LogP contribution in [0.4, 0.5) is 0 Å². The van der Waals surface area contributed by atoms with E-state index in [1.165, 1.54) is 70.6 Å². The van der Waals surface area contributed by atoms with Gasteiger partial charge < -0.3 is 12.4 Å². The molecule has 1 aromatic carbocycles. The second kappa shape index (κ2) is 15.4. The van der Waals surface area contributed by atoms with Crippen LogP contribution in [0, 0.1) is 0 Å². The van der Waals surface area contributed by atoms with Gasteiger partial charge in [-0.05, 0) is 23.7 Å². The molecular weight excluding hydrogens is 320 g/mol. The summed E-state index contributed by atoms with van der Waals surface area (Å²) in [5, 5.41) is 0.773. The quantitative estimate of drug-likeness (QED) is 0.371. The van der Waals surface area contributed by atoms with Crippen LogP contribution < -0.4 is 12.4 Å². The minimum Gasteiger partial charge on any atom is -1.00 e. The molecule has 1 aromatic rings. The fourth-order valence-electron chi connectivity index (χ4n) is 3.16. The summed E-state index contributed by atoms with van der Waals surface area (Å²) in [6.07, 6.45) is 20.5. The lowest BCUT2D eigenvalue weighted by Crippen LogP contribution is -3.00. The topological polar surface area (TPSA) is 0 Å². The first-order chi connectivity index (χ1) is 10.8. The van der Waals surface area contributed by atoms with Crippen molar-refractivity contribution in [1.29, 1.82) is 0 Å². The van der Waals surface area contributed by atoms with E-state index in [0.717, 1.165) is 5.25 Å². The van der Waals surface area contributed by atoms with Crippen molar-refractivity contribution in [2.24, 2.45) is 0 Å². The minimum absolute atomic E-state index is 0. The van der Waals surface area contributed by atoms with Crippen LogP contribution in [0.25, 0.3) is 0 Å². The van der Waals surface area contributed by atoms with Crippen molar-refractivity contribution in [1.82, 2.24) is 0 Å². The zero-order valence-corrected chi connectivity index (χ0v) is 17.1. The molecule has 0 spiro atoms. The monoisotopic (exact) mass is 356 g/mol. The molecular formula is C21H37ClS. The Kier molecular flexibility index (Phi) is 15.3. The van der Waals surface area contributed by atoms with Gasteiger partial charge in [0.05, 0.1) is 12.5 Å². The second-order valence-electron chi connectivity index (χ2n) is 6.75. The number of rotatable bonds is 13. The van der Waals surface area contributed by atoms with Crippen molar-refractivity contribution in [3.63, 3.8) is 0 Å². The van der Waals surface area contributed by atoms with E-state index in [0.29, 0.717) is 10.9 Å². The molecule has 1 rings (SSSR count). The van der Waals surface area contributed by atoms with Crippen LogP contribution in [0.15, 0.2) is 30.3 Å². The highest BCUT2D eigenvalue weighted by Crippen LogP contribution is 2.28. The molecule has 0 aliphatic rings. The van der Waals surface area contributed by atoms with Crippen LogP contribution in [-0.4, -0.2) is 12.5 Å². The van der Waals surface area contributed by atoms with Crippen LogP contribution >= 0.6 is 0 Å². The summed E-state index contributed by atoms with van der Waals surface area (Å²) in [7, 11) is 0.482. The van der Waals surface area contributed by atoms with Crippen molar-refractivity contribution in [3.8, 4) is 0 Å². The highest BCUT2D eigenvalue weighted by Gasteiger charge is 2.22. The summed E-state index contributed by atoms with van der Waals surface area (Å²) in [5.41, 5.74) is 1.55. The minimum atomic E-state index is 0. The SMILES string of the molecule is CCCCCCCCCCCCC(c1ccccc1)[S+](C)C.[Cl-]. The van der Waals surface area contributed by atoms with Gasteiger partial charge in [-0.2, -0.15) is 0 Å². The first-order valence-electron chi connectivity index (χ1n) is 9.37. The molecule has 134 valence electrons. The van der Waals surface area contributed by atoms with E-state index >= 15 is 0 Å². The van der Waals surface area contributed by atoms with Gasteiger partial charge in [-0.1, -0.05) is 95.0 Å². The largest absolute Gasteiger partial charge is 1.00 e. The summed E-state index contributed by atoms with van der Waals surface area (Å²) >= 11 is 0. The van der Waals surface area contributed by atoms with Crippen LogP contribution in [0.3, 0.4) is 0 Å². The van der Waals surface area contributed by atoms with Crippen molar-refractivity contribution in [2.75, 3.05) is 12.5 Å². The number of halogens is 1. The predicted octanol–water partition coefficient (Wildman–Crippen LogP) is 3.92. The van der Waals surface area contributed by atoms with Crippen molar-refractivity contribution in [3.05, 3.63) is 35.9 Å². The fraction of sp³-hybridized carbons (Fsp3) is 0.714. The third-order valence-electron chi connectivity index (χ3n) is 4.56. The fourth-order valence-corrected chi connectivity index (χ4v) is 4.50. The van der Waals surface area contributed by atoms with Gasteiger partial charge in [0.25, 0.3) is 0 Å². The maximum atomic E-state index is 2.40. The Morgan fingerprint density at radius 3 is 1.70 bits per heavy atom. The van der Waals surface area contributed by atoms with E-state index in [2.05, 4.69) is 49.8 Å². The lowest BCUT2D eigenvalue weighted by atomic mass is 10.0. The maximum Gasteiger partial charge on any atom is 0.142 e. The van der Waals surface area contributed by atoms with Crippen molar-refractivity contribution >= 4 is 10.9 Å². The Hall–Kier alpha value is -0.140. The molecule has 0 N–H and O–H groups in total. The average molecular weight is 357 g/mol. The lowest BCUT2D eigenvalue weighted by molar-refractivity contribution is -0.00000485. The number of benzene rings is 1. The van der Waals surface area contributed by atoms with Crippen LogP contribution in [0.2, 0.25) is 0 Å². The molecule has 0 aromatic heterocycles. The van der Waals surface area contributed by atoms with Gasteiger partial charge >= 0.3 is 0 Å². The lowest BCUT2D eigenvalue weighted by Gasteiger charge is -2.14. The molecule has 0 fully saturated rings. The van der Waals surface area contributed by atoms with Gasteiger partial charge in [0, 0.05) is 5.56 Å². The van der Waals surface area contributed by atoms with Crippen LogP contribution in [0.1, 0.15) is 88.4 Å². The third kappa shape index (κ3) is 11.1. The Morgan fingerprint density at radius 1 is 0.739 bits per heavy atom. The molecule has 1 atom stereocenters. The summed E-state index contributed by atoms with van der Waals surface area (Å²) in [6.45, 7) is 2.29. The zero-order chi connectivity index (χ0) is 16.0. The van der Waals surface area contributed by atoms with Gasteiger partial charge in [-0.15, -0.1) is 0 Å². The molecule has 0 heterocycles. The highest BCUT2D eigenvalue weighted by molar-refractivity contribution is 7.95. The standard InChI is InChI=1S/C21H37S.ClH/c1-4-5-6-7-8-9-10-11-12-16-19-21(22(2)3)20-17-14-13-15-18-20;/h13-15,17-18,21H,4-12,16,19H2,1-3H3;1H/q+1;/p-1. The summed E-state index contributed by atoms with van der Waals surface area (Å²) < 4.78 is 0. The predicted molar refractivity (Wildman–Crippen MR) is 105 cm³/mol. The van der Waals surface area contributed by atoms with Crippen molar-refractivity contribution in [2.45, 2.75) is 82.8 Å². The first-order valence-corrected chi connectivity index (χ1v) is 11.5. The van der Waals surface area contributed by atoms with E-state index < -0.39 is 0 Å². The molecule has 0 aliphatic carbocycles. The molecule has 2 heteroatoms. The zero-order valence-electron chi connectivity index (χ0n) is 15.5. The van der Waals surface area contributed by atoms with E-state index in [1.807, 2.05) is 0 Å². The molecule has 1 unspecified atom stereocenters. The summed E-state index contributed by atoms with van der Waals surface area (Å²) in [6, 6.07) is 11.1. The maximum absolute atomic E-state index is 2.40. The Morgan fingerprint density at radius 2 is 1.22 bits per heavy atom. The molecule has 0 bridgehead atoms. The van der Waals surface area contributed by atoms with E-state index in [-0.39, 0.29) is 12.4 Å². The van der Waals surface area contributed by atoms with E-state index in [4.69, 9.17) is 0 Å². The van der Waals surface area contributed by atoms with Crippen molar-refractivity contribution < 1.29 is 12.4 Å². The highest BCUT2D eigenvalue weighted by atomic mass is 35.5. The molecule has 0 nitrogen and oxygen atoms in total. The van der Waals surface area contributed by atoms with Gasteiger partial charge in [-0.3, -0.25) is 0 Å². The molecule has 23 heavy (non-hydrogen) atoms. The van der Waals surface area contributed by atoms with Gasteiger partial charge in [-0.25, -0.2) is 0 Å². The summed E-state index contributed by atoms with van der Waals surface area (Å²) in [4.78, 5) is 0. The number of unbranched alkanes of at least 4 members (excludes halogenated alkanes) is 9. The van der Waals surface area contributed by atoms with Gasteiger partial charge in [0.1, 0.15) is 5.25 Å². The molecule has 0 aliphatic heterocycles. The molecule has 0 radical (unpaired) electrons. The van der Waals surface area contributed by atoms with Crippen LogP contribution in [-0.2, 0) is 10.9 Å². The number of hydrogen-bond donors (Lipinski definition) is 0.